The number of carbonyl (C=O) groups excluding carboxylic acids is 1. The van der Waals surface area contributed by atoms with Crippen LogP contribution in [0.3, 0.4) is 0 Å². The fourth-order valence-electron chi connectivity index (χ4n) is 2.54. The number of amides is 1. The number of rotatable bonds is 4. The lowest BCUT2D eigenvalue weighted by Gasteiger charge is -2.15. The molecule has 2 heterocycles. The molecular weight excluding hydrogens is 288 g/mol. The highest BCUT2D eigenvalue weighted by Crippen LogP contribution is 2.16. The summed E-state index contributed by atoms with van der Waals surface area (Å²) < 4.78 is 3.84. The molecule has 0 fully saturated rings. The molecule has 3 aromatic rings. The standard InChI is InChI=1S/C18H20N4O/c1-13-4-9-17(21(13)3)18(23)20-14(2)15-5-7-16(8-6-15)22-11-10-19-12-22/h4-12,14H,1-3H3,(H,20,23). The van der Waals surface area contributed by atoms with Gasteiger partial charge in [0.05, 0.1) is 12.4 Å². The largest absolute Gasteiger partial charge is 0.344 e. The number of imidazole rings is 1. The second kappa shape index (κ2) is 6.12. The first-order valence-electron chi connectivity index (χ1n) is 7.58. The van der Waals surface area contributed by atoms with Gasteiger partial charge in [0.25, 0.3) is 5.91 Å². The Labute approximate surface area is 135 Å². The summed E-state index contributed by atoms with van der Waals surface area (Å²) in [5.74, 6) is -0.0632. The van der Waals surface area contributed by atoms with Gasteiger partial charge in [-0.25, -0.2) is 4.98 Å². The molecule has 0 bridgehead atoms. The van der Waals surface area contributed by atoms with Gasteiger partial charge in [0.1, 0.15) is 5.69 Å². The van der Waals surface area contributed by atoms with E-state index in [-0.39, 0.29) is 11.9 Å². The zero-order valence-corrected chi connectivity index (χ0v) is 13.5. The minimum Gasteiger partial charge on any atom is -0.344 e. The minimum absolute atomic E-state index is 0.0606. The smallest absolute Gasteiger partial charge is 0.268 e. The molecule has 3 rings (SSSR count). The first-order chi connectivity index (χ1) is 11.1. The number of hydrogen-bond acceptors (Lipinski definition) is 2. The molecule has 0 spiro atoms. The van der Waals surface area contributed by atoms with Crippen molar-refractivity contribution in [1.82, 2.24) is 19.4 Å². The Kier molecular flexibility index (Phi) is 4.02. The van der Waals surface area contributed by atoms with Crippen LogP contribution in [0.25, 0.3) is 5.69 Å². The van der Waals surface area contributed by atoms with Gasteiger partial charge >= 0.3 is 0 Å². The normalized spacial score (nSPS) is 12.1. The van der Waals surface area contributed by atoms with E-state index in [9.17, 15) is 4.79 Å². The Bertz CT molecular complexity index is 800. The molecule has 118 valence electrons. The Morgan fingerprint density at radius 1 is 1.17 bits per heavy atom. The van der Waals surface area contributed by atoms with Crippen molar-refractivity contribution in [1.29, 1.82) is 0 Å². The molecule has 23 heavy (non-hydrogen) atoms. The Morgan fingerprint density at radius 3 is 2.48 bits per heavy atom. The molecule has 0 aliphatic heterocycles. The van der Waals surface area contributed by atoms with E-state index < -0.39 is 0 Å². The Hall–Kier alpha value is -2.82. The topological polar surface area (TPSA) is 51.9 Å². The fraction of sp³-hybridized carbons (Fsp3) is 0.222. The molecule has 0 aliphatic rings. The van der Waals surface area contributed by atoms with Crippen LogP contribution in [0.2, 0.25) is 0 Å². The minimum atomic E-state index is -0.0632. The summed E-state index contributed by atoms with van der Waals surface area (Å²) in [6.45, 7) is 3.97. The third-order valence-electron chi connectivity index (χ3n) is 4.15. The SMILES string of the molecule is Cc1ccc(C(=O)NC(C)c2ccc(-n3ccnc3)cc2)n1C. The fourth-order valence-corrected chi connectivity index (χ4v) is 2.54. The zero-order valence-electron chi connectivity index (χ0n) is 13.5. The van der Waals surface area contributed by atoms with Gasteiger partial charge in [-0.05, 0) is 43.7 Å². The van der Waals surface area contributed by atoms with E-state index in [2.05, 4.69) is 10.3 Å². The maximum Gasteiger partial charge on any atom is 0.268 e. The summed E-state index contributed by atoms with van der Waals surface area (Å²) in [6, 6.07) is 11.8. The lowest BCUT2D eigenvalue weighted by molar-refractivity contribution is 0.0931. The molecular formula is C18H20N4O. The number of nitrogens with zero attached hydrogens (tertiary/aromatic N) is 3. The second-order valence-corrected chi connectivity index (χ2v) is 5.68. The van der Waals surface area contributed by atoms with Crippen LogP contribution in [-0.2, 0) is 7.05 Å². The number of aromatic nitrogens is 3. The van der Waals surface area contributed by atoms with Gasteiger partial charge in [0.15, 0.2) is 0 Å². The van der Waals surface area contributed by atoms with E-state index in [4.69, 9.17) is 0 Å². The highest BCUT2D eigenvalue weighted by molar-refractivity contribution is 5.93. The number of hydrogen-bond donors (Lipinski definition) is 1. The molecule has 5 nitrogen and oxygen atoms in total. The predicted molar refractivity (Wildman–Crippen MR) is 89.6 cm³/mol. The van der Waals surface area contributed by atoms with Crippen molar-refractivity contribution in [2.45, 2.75) is 19.9 Å². The summed E-state index contributed by atoms with van der Waals surface area (Å²) in [7, 11) is 1.90. The van der Waals surface area contributed by atoms with Gasteiger partial charge in [0.2, 0.25) is 0 Å². The quantitative estimate of drug-likeness (QED) is 0.805. The Balaban J connectivity index is 1.72. The van der Waals surface area contributed by atoms with Crippen molar-refractivity contribution in [2.24, 2.45) is 7.05 Å². The van der Waals surface area contributed by atoms with Crippen molar-refractivity contribution < 1.29 is 4.79 Å². The van der Waals surface area contributed by atoms with Gasteiger partial charge in [-0.2, -0.15) is 0 Å². The van der Waals surface area contributed by atoms with Crippen LogP contribution < -0.4 is 5.32 Å². The van der Waals surface area contributed by atoms with Crippen LogP contribution in [0.4, 0.5) is 0 Å². The summed E-state index contributed by atoms with van der Waals surface area (Å²) in [5.41, 5.74) is 3.84. The molecule has 1 aromatic carbocycles. The number of carbonyl (C=O) groups is 1. The molecule has 0 saturated carbocycles. The maximum absolute atomic E-state index is 12.4. The van der Waals surface area contributed by atoms with Crippen LogP contribution in [0.1, 0.15) is 34.7 Å². The third-order valence-corrected chi connectivity index (χ3v) is 4.15. The van der Waals surface area contributed by atoms with E-state index in [0.717, 1.165) is 16.9 Å². The molecule has 0 saturated heterocycles. The molecule has 5 heteroatoms. The number of benzene rings is 1. The molecule has 1 amide bonds. The lowest BCUT2D eigenvalue weighted by Crippen LogP contribution is -2.28. The van der Waals surface area contributed by atoms with Crippen molar-refractivity contribution in [3.05, 3.63) is 72.1 Å². The van der Waals surface area contributed by atoms with Crippen LogP contribution in [0, 0.1) is 6.92 Å². The highest BCUT2D eigenvalue weighted by Gasteiger charge is 2.14. The highest BCUT2D eigenvalue weighted by atomic mass is 16.2. The van der Waals surface area contributed by atoms with E-state index in [0.29, 0.717) is 5.69 Å². The monoisotopic (exact) mass is 308 g/mol. The summed E-state index contributed by atoms with van der Waals surface area (Å²) in [5, 5.41) is 3.04. The lowest BCUT2D eigenvalue weighted by atomic mass is 10.1. The van der Waals surface area contributed by atoms with E-state index in [1.165, 1.54) is 0 Å². The summed E-state index contributed by atoms with van der Waals surface area (Å²) in [6.07, 6.45) is 5.41. The molecule has 1 unspecified atom stereocenters. The maximum atomic E-state index is 12.4. The Morgan fingerprint density at radius 2 is 1.91 bits per heavy atom. The van der Waals surface area contributed by atoms with Crippen LogP contribution >= 0.6 is 0 Å². The molecule has 0 aliphatic carbocycles. The van der Waals surface area contributed by atoms with Gasteiger partial charge < -0.3 is 14.5 Å². The molecule has 1 atom stereocenters. The molecule has 2 aromatic heterocycles. The third kappa shape index (κ3) is 3.04. The summed E-state index contributed by atoms with van der Waals surface area (Å²) >= 11 is 0. The van der Waals surface area contributed by atoms with Gasteiger partial charge in [-0.1, -0.05) is 12.1 Å². The van der Waals surface area contributed by atoms with Crippen molar-refractivity contribution in [2.75, 3.05) is 0 Å². The summed E-state index contributed by atoms with van der Waals surface area (Å²) in [4.78, 5) is 16.4. The van der Waals surface area contributed by atoms with Crippen molar-refractivity contribution in [3.63, 3.8) is 0 Å². The average Bonchev–Trinajstić information content (AvgIpc) is 3.19. The van der Waals surface area contributed by atoms with Crippen molar-refractivity contribution >= 4 is 5.91 Å². The molecule has 0 radical (unpaired) electrons. The second-order valence-electron chi connectivity index (χ2n) is 5.68. The number of aryl methyl sites for hydroxylation is 1. The van der Waals surface area contributed by atoms with Gasteiger partial charge in [-0.3, -0.25) is 4.79 Å². The number of nitrogens with one attached hydrogen (secondary N) is 1. The first kappa shape index (κ1) is 15.1. The van der Waals surface area contributed by atoms with Crippen LogP contribution in [0.5, 0.6) is 0 Å². The molecule has 1 N–H and O–H groups in total. The average molecular weight is 308 g/mol. The van der Waals surface area contributed by atoms with E-state index in [1.54, 1.807) is 12.5 Å². The van der Waals surface area contributed by atoms with Crippen LogP contribution in [0.15, 0.2) is 55.1 Å². The van der Waals surface area contributed by atoms with Crippen LogP contribution in [-0.4, -0.2) is 20.0 Å². The van der Waals surface area contributed by atoms with Gasteiger partial charge in [0, 0.05) is 30.8 Å². The van der Waals surface area contributed by atoms with Gasteiger partial charge in [-0.15, -0.1) is 0 Å². The zero-order chi connectivity index (χ0) is 16.4. The first-order valence-corrected chi connectivity index (χ1v) is 7.58. The van der Waals surface area contributed by atoms with Crippen molar-refractivity contribution in [3.8, 4) is 5.69 Å². The van der Waals surface area contributed by atoms with E-state index >= 15 is 0 Å². The van der Waals surface area contributed by atoms with E-state index in [1.807, 2.05) is 72.6 Å². The predicted octanol–water partition coefficient (Wildman–Crippen LogP) is 3.01.